The average molecular weight is 434 g/mol. The Labute approximate surface area is 163 Å². The lowest BCUT2D eigenvalue weighted by atomic mass is 10.2. The topological polar surface area (TPSA) is 66.8 Å². The summed E-state index contributed by atoms with van der Waals surface area (Å²) < 4.78 is 65.7. The molecule has 2 aromatic rings. The van der Waals surface area contributed by atoms with Crippen LogP contribution in [0.15, 0.2) is 48.5 Å². The van der Waals surface area contributed by atoms with Crippen molar-refractivity contribution in [2.45, 2.75) is 38.2 Å². The predicted molar refractivity (Wildman–Crippen MR) is 103 cm³/mol. The van der Waals surface area contributed by atoms with Gasteiger partial charge in [0.15, 0.2) is 0 Å². The standard InChI is InChI=1S/C18H22F3NO4SSi/c1-28(2,3)17-15(13-22(23)12-14-8-5-4-6-9-14)10-7-11-16(17)26-27(24,25)18(19,20)21/h4-11,23H,12-13H2,1-3H3. The Kier molecular flexibility index (Phi) is 6.59. The van der Waals surface area contributed by atoms with Crippen LogP contribution in [-0.4, -0.2) is 32.3 Å². The molecule has 0 aliphatic heterocycles. The van der Waals surface area contributed by atoms with Gasteiger partial charge in [-0.05, 0) is 22.4 Å². The van der Waals surface area contributed by atoms with Gasteiger partial charge in [0.2, 0.25) is 0 Å². The molecule has 0 aliphatic carbocycles. The summed E-state index contributed by atoms with van der Waals surface area (Å²) in [5, 5.41) is 11.7. The van der Waals surface area contributed by atoms with Crippen LogP contribution in [0.1, 0.15) is 11.1 Å². The maximum atomic E-state index is 12.8. The van der Waals surface area contributed by atoms with Gasteiger partial charge in [-0.1, -0.05) is 62.1 Å². The van der Waals surface area contributed by atoms with E-state index in [1.807, 2.05) is 50.0 Å². The molecule has 0 amide bonds. The third-order valence-electron chi connectivity index (χ3n) is 3.91. The number of alkyl halides is 3. The Bertz CT molecular complexity index is 913. The molecule has 2 rings (SSSR count). The van der Waals surface area contributed by atoms with Crippen molar-refractivity contribution in [1.29, 1.82) is 0 Å². The van der Waals surface area contributed by atoms with Crippen LogP contribution in [0.4, 0.5) is 13.2 Å². The van der Waals surface area contributed by atoms with Gasteiger partial charge in [-0.15, -0.1) is 0 Å². The van der Waals surface area contributed by atoms with Crippen LogP contribution < -0.4 is 9.37 Å². The van der Waals surface area contributed by atoms with Crippen LogP contribution in [0.5, 0.6) is 5.75 Å². The van der Waals surface area contributed by atoms with E-state index in [4.69, 9.17) is 0 Å². The zero-order valence-electron chi connectivity index (χ0n) is 15.7. The summed E-state index contributed by atoms with van der Waals surface area (Å²) in [6.45, 7) is 5.79. The van der Waals surface area contributed by atoms with E-state index >= 15 is 0 Å². The van der Waals surface area contributed by atoms with Crippen molar-refractivity contribution in [1.82, 2.24) is 5.06 Å². The molecule has 0 heterocycles. The number of hydroxylamine groups is 2. The fourth-order valence-corrected chi connectivity index (χ4v) is 5.38. The van der Waals surface area contributed by atoms with Crippen LogP contribution in [0, 0.1) is 0 Å². The van der Waals surface area contributed by atoms with Crippen molar-refractivity contribution in [3.63, 3.8) is 0 Å². The largest absolute Gasteiger partial charge is 0.534 e. The number of halogens is 3. The fraction of sp³-hybridized carbons (Fsp3) is 0.333. The first kappa shape index (κ1) is 22.4. The smallest absolute Gasteiger partial charge is 0.376 e. The number of hydrogen-bond acceptors (Lipinski definition) is 5. The Hall–Kier alpha value is -1.88. The molecule has 0 unspecified atom stereocenters. The summed E-state index contributed by atoms with van der Waals surface area (Å²) in [4.78, 5) is 0. The van der Waals surface area contributed by atoms with Crippen molar-refractivity contribution in [3.05, 3.63) is 59.7 Å². The summed E-state index contributed by atoms with van der Waals surface area (Å²) in [5.41, 5.74) is -4.14. The number of rotatable bonds is 7. The van der Waals surface area contributed by atoms with Gasteiger partial charge in [-0.3, -0.25) is 0 Å². The minimum absolute atomic E-state index is 0.0117. The molecule has 0 saturated heterocycles. The first-order valence-corrected chi connectivity index (χ1v) is 13.3. The highest BCUT2D eigenvalue weighted by atomic mass is 32.2. The lowest BCUT2D eigenvalue weighted by molar-refractivity contribution is -0.108. The highest BCUT2D eigenvalue weighted by molar-refractivity contribution is 7.88. The lowest BCUT2D eigenvalue weighted by Crippen LogP contribution is -2.43. The number of nitrogens with zero attached hydrogens (tertiary/aromatic N) is 1. The number of hydrogen-bond donors (Lipinski definition) is 1. The maximum Gasteiger partial charge on any atom is 0.534 e. The van der Waals surface area contributed by atoms with Gasteiger partial charge in [0, 0.05) is 13.1 Å². The van der Waals surface area contributed by atoms with Crippen LogP contribution >= 0.6 is 0 Å². The lowest BCUT2D eigenvalue weighted by Gasteiger charge is -2.26. The second-order valence-electron chi connectivity index (χ2n) is 7.33. The molecule has 0 radical (unpaired) electrons. The van der Waals surface area contributed by atoms with Gasteiger partial charge in [0.05, 0.1) is 8.07 Å². The molecule has 0 saturated carbocycles. The molecule has 154 valence electrons. The van der Waals surface area contributed by atoms with E-state index in [0.29, 0.717) is 10.8 Å². The van der Waals surface area contributed by atoms with E-state index in [9.17, 15) is 26.8 Å². The Morgan fingerprint density at radius 3 is 2.14 bits per heavy atom. The van der Waals surface area contributed by atoms with Gasteiger partial charge < -0.3 is 9.39 Å². The molecule has 28 heavy (non-hydrogen) atoms. The van der Waals surface area contributed by atoms with Crippen molar-refractivity contribution in [3.8, 4) is 5.75 Å². The van der Waals surface area contributed by atoms with Crippen molar-refractivity contribution in [2.75, 3.05) is 0 Å². The average Bonchev–Trinajstić information content (AvgIpc) is 2.53. The molecule has 0 spiro atoms. The Morgan fingerprint density at radius 2 is 1.61 bits per heavy atom. The van der Waals surface area contributed by atoms with Crippen molar-refractivity contribution < 1.29 is 31.0 Å². The first-order valence-electron chi connectivity index (χ1n) is 8.42. The highest BCUT2D eigenvalue weighted by Gasteiger charge is 2.49. The van der Waals surface area contributed by atoms with E-state index in [1.54, 1.807) is 6.07 Å². The number of benzene rings is 2. The second-order valence-corrected chi connectivity index (χ2v) is 13.9. The first-order chi connectivity index (χ1) is 12.8. The molecule has 0 aliphatic rings. The highest BCUT2D eigenvalue weighted by Crippen LogP contribution is 2.28. The van der Waals surface area contributed by atoms with E-state index in [2.05, 4.69) is 4.18 Å². The van der Waals surface area contributed by atoms with E-state index < -0.39 is 23.7 Å². The second kappa shape index (κ2) is 8.24. The third-order valence-corrected chi connectivity index (χ3v) is 6.94. The van der Waals surface area contributed by atoms with Crippen LogP contribution in [0.2, 0.25) is 19.6 Å². The zero-order valence-corrected chi connectivity index (χ0v) is 17.5. The van der Waals surface area contributed by atoms with E-state index in [-0.39, 0.29) is 18.8 Å². The molecule has 5 nitrogen and oxygen atoms in total. The maximum absolute atomic E-state index is 12.8. The van der Waals surface area contributed by atoms with Gasteiger partial charge >= 0.3 is 15.6 Å². The minimum Gasteiger partial charge on any atom is -0.376 e. The van der Waals surface area contributed by atoms with Crippen LogP contribution in [0.3, 0.4) is 0 Å². The summed E-state index contributed by atoms with van der Waals surface area (Å²) in [6.07, 6.45) is 0. The zero-order chi connectivity index (χ0) is 21.2. The molecule has 2 aromatic carbocycles. The summed E-state index contributed by atoms with van der Waals surface area (Å²) in [7, 11) is -8.12. The van der Waals surface area contributed by atoms with E-state index in [1.165, 1.54) is 12.1 Å². The minimum atomic E-state index is -5.78. The Morgan fingerprint density at radius 1 is 1.00 bits per heavy atom. The molecular formula is C18H22F3NO4SSi. The summed E-state index contributed by atoms with van der Waals surface area (Å²) in [5.74, 6) is -0.345. The molecule has 0 fully saturated rings. The summed E-state index contributed by atoms with van der Waals surface area (Å²) in [6, 6.07) is 13.4. The Balaban J connectivity index is 2.37. The molecule has 0 atom stereocenters. The van der Waals surface area contributed by atoms with Gasteiger partial charge in [0.25, 0.3) is 0 Å². The van der Waals surface area contributed by atoms with Crippen molar-refractivity contribution >= 4 is 23.4 Å². The monoisotopic (exact) mass is 433 g/mol. The summed E-state index contributed by atoms with van der Waals surface area (Å²) >= 11 is 0. The fourth-order valence-electron chi connectivity index (χ4n) is 2.84. The molecular weight excluding hydrogens is 411 g/mol. The van der Waals surface area contributed by atoms with Gasteiger partial charge in [-0.25, -0.2) is 0 Å². The van der Waals surface area contributed by atoms with Crippen LogP contribution in [0.25, 0.3) is 0 Å². The van der Waals surface area contributed by atoms with E-state index in [0.717, 1.165) is 10.6 Å². The normalized spacial score (nSPS) is 13.0. The third kappa shape index (κ3) is 5.57. The van der Waals surface area contributed by atoms with Gasteiger partial charge in [0.1, 0.15) is 5.75 Å². The quantitative estimate of drug-likeness (QED) is 0.311. The molecule has 0 aromatic heterocycles. The molecule has 1 N–H and O–H groups in total. The van der Waals surface area contributed by atoms with Crippen LogP contribution in [-0.2, 0) is 23.2 Å². The molecule has 0 bridgehead atoms. The molecule has 10 heteroatoms. The predicted octanol–water partition coefficient (Wildman–Crippen LogP) is 3.85. The SMILES string of the molecule is C[Si](C)(C)c1c(CN(O)Cc2ccccc2)cccc1OS(=O)(=O)C(F)(F)F. The van der Waals surface area contributed by atoms with Gasteiger partial charge in [-0.2, -0.15) is 26.7 Å². The van der Waals surface area contributed by atoms with Crippen molar-refractivity contribution in [2.24, 2.45) is 0 Å².